The number of benzene rings is 1. The van der Waals surface area contributed by atoms with Crippen LogP contribution in [-0.2, 0) is 5.41 Å². The van der Waals surface area contributed by atoms with E-state index < -0.39 is 0 Å². The molecule has 0 amide bonds. The lowest BCUT2D eigenvalue weighted by atomic mass is 9.84. The Kier molecular flexibility index (Phi) is 4.52. The standard InChI is InChI=1S/C14H20N2/c1-4-13(10-15)16-11-14(2,3)12-8-6-5-7-9-12/h5-9,13,16H,4,11H2,1-3H3. The fraction of sp³-hybridized carbons (Fsp3) is 0.500. The highest BCUT2D eigenvalue weighted by molar-refractivity contribution is 5.24. The number of nitriles is 1. The first-order valence-corrected chi connectivity index (χ1v) is 5.78. The van der Waals surface area contributed by atoms with Gasteiger partial charge in [-0.05, 0) is 12.0 Å². The minimum atomic E-state index is -0.0389. The van der Waals surface area contributed by atoms with Gasteiger partial charge in [0, 0.05) is 12.0 Å². The van der Waals surface area contributed by atoms with Gasteiger partial charge < -0.3 is 5.32 Å². The Bertz CT molecular complexity index is 349. The molecular weight excluding hydrogens is 196 g/mol. The smallest absolute Gasteiger partial charge is 0.0950 e. The summed E-state index contributed by atoms with van der Waals surface area (Å²) < 4.78 is 0. The van der Waals surface area contributed by atoms with Crippen molar-refractivity contribution in [3.63, 3.8) is 0 Å². The van der Waals surface area contributed by atoms with Crippen LogP contribution in [0.4, 0.5) is 0 Å². The quantitative estimate of drug-likeness (QED) is 0.821. The third-order valence-electron chi connectivity index (χ3n) is 2.91. The summed E-state index contributed by atoms with van der Waals surface area (Å²) in [5.74, 6) is 0. The summed E-state index contributed by atoms with van der Waals surface area (Å²) in [6.07, 6.45) is 0.849. The second-order valence-corrected chi connectivity index (χ2v) is 4.72. The molecule has 2 nitrogen and oxygen atoms in total. The van der Waals surface area contributed by atoms with Crippen molar-refractivity contribution in [3.05, 3.63) is 35.9 Å². The molecule has 0 heterocycles. The van der Waals surface area contributed by atoms with Gasteiger partial charge in [-0.15, -0.1) is 0 Å². The minimum Gasteiger partial charge on any atom is -0.301 e. The van der Waals surface area contributed by atoms with Gasteiger partial charge in [0.15, 0.2) is 0 Å². The third kappa shape index (κ3) is 3.36. The number of nitrogens with one attached hydrogen (secondary N) is 1. The molecule has 1 rings (SSSR count). The largest absolute Gasteiger partial charge is 0.301 e. The summed E-state index contributed by atoms with van der Waals surface area (Å²) in [5, 5.41) is 12.2. The van der Waals surface area contributed by atoms with Crippen LogP contribution in [0.3, 0.4) is 0 Å². The van der Waals surface area contributed by atoms with E-state index in [1.165, 1.54) is 5.56 Å². The van der Waals surface area contributed by atoms with Crippen molar-refractivity contribution < 1.29 is 0 Å². The number of nitrogens with zero attached hydrogens (tertiary/aromatic N) is 1. The highest BCUT2D eigenvalue weighted by Crippen LogP contribution is 2.21. The van der Waals surface area contributed by atoms with E-state index in [4.69, 9.17) is 5.26 Å². The predicted octanol–water partition coefficient (Wildman–Crippen LogP) is 2.86. The van der Waals surface area contributed by atoms with Crippen LogP contribution >= 0.6 is 0 Å². The van der Waals surface area contributed by atoms with E-state index in [0.717, 1.165) is 13.0 Å². The van der Waals surface area contributed by atoms with Crippen LogP contribution in [0.1, 0.15) is 32.8 Å². The van der Waals surface area contributed by atoms with Crippen LogP contribution in [0, 0.1) is 11.3 Å². The Balaban J connectivity index is 2.63. The molecular formula is C14H20N2. The molecule has 86 valence electrons. The second-order valence-electron chi connectivity index (χ2n) is 4.72. The van der Waals surface area contributed by atoms with Crippen LogP contribution in [0.15, 0.2) is 30.3 Å². The van der Waals surface area contributed by atoms with Crippen LogP contribution < -0.4 is 5.32 Å². The predicted molar refractivity (Wildman–Crippen MR) is 67.2 cm³/mol. The molecule has 1 aromatic carbocycles. The average Bonchev–Trinajstić information content (AvgIpc) is 2.31. The van der Waals surface area contributed by atoms with Gasteiger partial charge in [0.05, 0.1) is 12.1 Å². The average molecular weight is 216 g/mol. The first kappa shape index (κ1) is 12.7. The molecule has 0 saturated heterocycles. The van der Waals surface area contributed by atoms with Crippen LogP contribution in [0.5, 0.6) is 0 Å². The molecule has 1 N–H and O–H groups in total. The van der Waals surface area contributed by atoms with Gasteiger partial charge in [0.1, 0.15) is 0 Å². The summed E-state index contributed by atoms with van der Waals surface area (Å²) in [4.78, 5) is 0. The van der Waals surface area contributed by atoms with Crippen molar-refractivity contribution in [2.24, 2.45) is 0 Å². The van der Waals surface area contributed by atoms with Gasteiger partial charge in [0.2, 0.25) is 0 Å². The van der Waals surface area contributed by atoms with Crippen LogP contribution in [-0.4, -0.2) is 12.6 Å². The molecule has 0 bridgehead atoms. The third-order valence-corrected chi connectivity index (χ3v) is 2.91. The summed E-state index contributed by atoms with van der Waals surface area (Å²) in [7, 11) is 0. The molecule has 0 radical (unpaired) electrons. The van der Waals surface area contributed by atoms with Gasteiger partial charge >= 0.3 is 0 Å². The lowest BCUT2D eigenvalue weighted by molar-refractivity contribution is 0.444. The first-order chi connectivity index (χ1) is 7.60. The van der Waals surface area contributed by atoms with Crippen molar-refractivity contribution in [1.29, 1.82) is 5.26 Å². The Morgan fingerprint density at radius 2 is 1.94 bits per heavy atom. The summed E-state index contributed by atoms with van der Waals surface area (Å²) in [5.41, 5.74) is 1.36. The molecule has 1 aromatic rings. The van der Waals surface area contributed by atoms with Crippen LogP contribution in [0.25, 0.3) is 0 Å². The lowest BCUT2D eigenvalue weighted by Gasteiger charge is -2.26. The van der Waals surface area contributed by atoms with Gasteiger partial charge in [-0.1, -0.05) is 51.1 Å². The normalized spacial score (nSPS) is 13.1. The molecule has 0 saturated carbocycles. The number of hydrogen-bond acceptors (Lipinski definition) is 2. The Morgan fingerprint density at radius 1 is 1.31 bits per heavy atom. The minimum absolute atomic E-state index is 0.0389. The lowest BCUT2D eigenvalue weighted by Crippen LogP contribution is -2.38. The molecule has 1 unspecified atom stereocenters. The maximum absolute atomic E-state index is 8.88. The van der Waals surface area contributed by atoms with Crippen LogP contribution in [0.2, 0.25) is 0 Å². The van der Waals surface area contributed by atoms with Gasteiger partial charge in [-0.2, -0.15) is 5.26 Å². The van der Waals surface area contributed by atoms with Gasteiger partial charge in [-0.25, -0.2) is 0 Å². The van der Waals surface area contributed by atoms with Gasteiger partial charge in [-0.3, -0.25) is 0 Å². The molecule has 2 heteroatoms. The molecule has 0 spiro atoms. The van der Waals surface area contributed by atoms with E-state index in [0.29, 0.717) is 0 Å². The zero-order valence-corrected chi connectivity index (χ0v) is 10.3. The molecule has 0 fully saturated rings. The van der Waals surface area contributed by atoms with Gasteiger partial charge in [0.25, 0.3) is 0 Å². The van der Waals surface area contributed by atoms with Crippen molar-refractivity contribution in [3.8, 4) is 6.07 Å². The summed E-state index contributed by atoms with van der Waals surface area (Å²) >= 11 is 0. The second kappa shape index (κ2) is 5.67. The fourth-order valence-electron chi connectivity index (χ4n) is 1.65. The molecule has 0 aromatic heterocycles. The van der Waals surface area contributed by atoms with Crippen molar-refractivity contribution in [2.75, 3.05) is 6.54 Å². The highest BCUT2D eigenvalue weighted by Gasteiger charge is 2.20. The molecule has 16 heavy (non-hydrogen) atoms. The monoisotopic (exact) mass is 216 g/mol. The molecule has 0 aliphatic heterocycles. The van der Waals surface area contributed by atoms with E-state index in [-0.39, 0.29) is 11.5 Å². The SMILES string of the molecule is CCC(C#N)NCC(C)(C)c1ccccc1. The molecule has 1 atom stereocenters. The maximum Gasteiger partial charge on any atom is 0.0950 e. The summed E-state index contributed by atoms with van der Waals surface area (Å²) in [6.45, 7) is 7.23. The van der Waals surface area contributed by atoms with E-state index >= 15 is 0 Å². The van der Waals surface area contributed by atoms with E-state index in [9.17, 15) is 0 Å². The fourth-order valence-corrected chi connectivity index (χ4v) is 1.65. The summed E-state index contributed by atoms with van der Waals surface area (Å²) in [6, 6.07) is 12.6. The Morgan fingerprint density at radius 3 is 2.44 bits per heavy atom. The topological polar surface area (TPSA) is 35.8 Å². The molecule has 0 aliphatic rings. The zero-order chi connectivity index (χ0) is 12.0. The maximum atomic E-state index is 8.88. The highest BCUT2D eigenvalue weighted by atomic mass is 14.9. The Labute approximate surface area is 98.3 Å². The van der Waals surface area contributed by atoms with Crippen molar-refractivity contribution in [2.45, 2.75) is 38.6 Å². The van der Waals surface area contributed by atoms with Crippen molar-refractivity contribution in [1.82, 2.24) is 5.32 Å². The first-order valence-electron chi connectivity index (χ1n) is 5.78. The van der Waals surface area contributed by atoms with E-state index in [1.54, 1.807) is 0 Å². The Hall–Kier alpha value is -1.33. The van der Waals surface area contributed by atoms with Crippen molar-refractivity contribution >= 4 is 0 Å². The van der Waals surface area contributed by atoms with E-state index in [2.05, 4.69) is 49.5 Å². The number of hydrogen-bond donors (Lipinski definition) is 1. The zero-order valence-electron chi connectivity index (χ0n) is 10.3. The number of rotatable bonds is 5. The molecule has 0 aliphatic carbocycles. The van der Waals surface area contributed by atoms with E-state index in [1.807, 2.05) is 13.0 Å².